The van der Waals surface area contributed by atoms with Crippen molar-refractivity contribution in [1.29, 1.82) is 0 Å². The summed E-state index contributed by atoms with van der Waals surface area (Å²) < 4.78 is 4.99. The lowest BCUT2D eigenvalue weighted by Gasteiger charge is -2.05. The fourth-order valence-electron chi connectivity index (χ4n) is 0.918. The third-order valence-corrected chi connectivity index (χ3v) is 1.63. The average Bonchev–Trinajstić information content (AvgIpc) is 2.09. The van der Waals surface area contributed by atoms with Gasteiger partial charge in [-0.3, -0.25) is 4.79 Å². The Morgan fingerprint density at radius 1 is 1.50 bits per heavy atom. The lowest BCUT2D eigenvalue weighted by atomic mass is 10.2. The molecule has 0 saturated carbocycles. The van der Waals surface area contributed by atoms with Gasteiger partial charge in [-0.2, -0.15) is 0 Å². The predicted octanol–water partition coefficient (Wildman–Crippen LogP) is 1.48. The first-order valence-corrected chi connectivity index (χ1v) is 3.55. The van der Waals surface area contributed by atoms with Gasteiger partial charge in [0.15, 0.2) is 0 Å². The van der Waals surface area contributed by atoms with Gasteiger partial charge >= 0.3 is 6.41 Å². The number of anilines is 1. The van der Waals surface area contributed by atoms with Gasteiger partial charge in [0.2, 0.25) is 0 Å². The van der Waals surface area contributed by atoms with E-state index in [9.17, 15) is 4.79 Å². The molecule has 1 rings (SSSR count). The first-order valence-electron chi connectivity index (χ1n) is 3.55. The molecule has 1 aromatic rings. The monoisotopic (exact) mass is 164 g/mol. The Hall–Kier alpha value is -1.51. The van der Waals surface area contributed by atoms with Crippen molar-refractivity contribution in [1.82, 2.24) is 0 Å². The summed E-state index contributed by atoms with van der Waals surface area (Å²) in [5.41, 5.74) is 1.71. The highest BCUT2D eigenvalue weighted by Gasteiger charge is 1.98. The summed E-state index contributed by atoms with van der Waals surface area (Å²) in [7, 11) is 1.58. The van der Waals surface area contributed by atoms with Gasteiger partial charge in [0, 0.05) is 11.8 Å². The van der Waals surface area contributed by atoms with E-state index >= 15 is 0 Å². The standard InChI is InChI=1S/C9H10NO2/c1-7-3-4-8(12-2)5-9(7)10-6-11/h3-5H,1-2H3,(H,10,11). The van der Waals surface area contributed by atoms with E-state index in [1.54, 1.807) is 19.6 Å². The van der Waals surface area contributed by atoms with Gasteiger partial charge in [0.05, 0.1) is 7.11 Å². The number of hydrogen-bond donors (Lipinski definition) is 1. The van der Waals surface area contributed by atoms with Crippen molar-refractivity contribution in [3.8, 4) is 5.75 Å². The number of ether oxygens (including phenoxy) is 1. The average molecular weight is 164 g/mol. The topological polar surface area (TPSA) is 38.3 Å². The van der Waals surface area contributed by atoms with Gasteiger partial charge < -0.3 is 10.1 Å². The quantitative estimate of drug-likeness (QED) is 0.687. The molecule has 63 valence electrons. The summed E-state index contributed by atoms with van der Waals surface area (Å²) in [6, 6.07) is 5.46. The number of benzene rings is 1. The Morgan fingerprint density at radius 2 is 2.25 bits per heavy atom. The lowest BCUT2D eigenvalue weighted by Crippen LogP contribution is -1.96. The third kappa shape index (κ3) is 1.75. The molecule has 1 radical (unpaired) electrons. The van der Waals surface area contributed by atoms with Crippen molar-refractivity contribution in [2.75, 3.05) is 12.4 Å². The van der Waals surface area contributed by atoms with Gasteiger partial charge in [0.1, 0.15) is 5.75 Å². The van der Waals surface area contributed by atoms with Crippen molar-refractivity contribution in [3.05, 3.63) is 23.8 Å². The third-order valence-electron chi connectivity index (χ3n) is 1.63. The van der Waals surface area contributed by atoms with Crippen LogP contribution in [-0.4, -0.2) is 13.5 Å². The molecule has 0 aromatic heterocycles. The van der Waals surface area contributed by atoms with Crippen LogP contribution in [0.15, 0.2) is 18.2 Å². The number of amides is 1. The molecule has 0 unspecified atom stereocenters. The summed E-state index contributed by atoms with van der Waals surface area (Å²) in [4.78, 5) is 10.0. The second-order valence-electron chi connectivity index (χ2n) is 2.41. The molecule has 0 aliphatic carbocycles. The van der Waals surface area contributed by atoms with Crippen LogP contribution >= 0.6 is 0 Å². The van der Waals surface area contributed by atoms with Crippen LogP contribution in [-0.2, 0) is 4.79 Å². The van der Waals surface area contributed by atoms with E-state index in [-0.39, 0.29) is 0 Å². The molecule has 1 amide bonds. The predicted molar refractivity (Wildman–Crippen MR) is 47.0 cm³/mol. The van der Waals surface area contributed by atoms with Gasteiger partial charge in [-0.05, 0) is 18.6 Å². The van der Waals surface area contributed by atoms with Crippen molar-refractivity contribution < 1.29 is 9.53 Å². The molecule has 3 nitrogen and oxygen atoms in total. The zero-order valence-corrected chi connectivity index (χ0v) is 7.05. The minimum atomic E-state index is 0.721. The molecule has 0 aliphatic heterocycles. The van der Waals surface area contributed by atoms with E-state index in [0.717, 1.165) is 17.0 Å². The normalized spacial score (nSPS) is 9.17. The van der Waals surface area contributed by atoms with Crippen molar-refractivity contribution in [2.45, 2.75) is 6.92 Å². The van der Waals surface area contributed by atoms with Crippen molar-refractivity contribution >= 4 is 12.1 Å². The van der Waals surface area contributed by atoms with Crippen LogP contribution in [0, 0.1) is 6.92 Å². The molecule has 0 spiro atoms. The molecular weight excluding hydrogens is 154 g/mol. The highest BCUT2D eigenvalue weighted by atomic mass is 16.5. The number of rotatable bonds is 3. The highest BCUT2D eigenvalue weighted by molar-refractivity contribution is 5.74. The maximum atomic E-state index is 10.0. The first-order chi connectivity index (χ1) is 5.77. The second kappa shape index (κ2) is 3.76. The minimum absolute atomic E-state index is 0.721. The molecular formula is C9H10NO2. The second-order valence-corrected chi connectivity index (χ2v) is 2.41. The van der Waals surface area contributed by atoms with Crippen LogP contribution in [0.1, 0.15) is 5.56 Å². The number of methoxy groups -OCH3 is 1. The van der Waals surface area contributed by atoms with Crippen LogP contribution in [0.2, 0.25) is 0 Å². The van der Waals surface area contributed by atoms with Gasteiger partial charge in [0.25, 0.3) is 0 Å². The molecule has 0 bridgehead atoms. The SMILES string of the molecule is COc1ccc(C)c(N[C]=O)c1. The number of nitrogens with one attached hydrogen (secondary N) is 1. The Morgan fingerprint density at radius 3 is 2.83 bits per heavy atom. The zero-order chi connectivity index (χ0) is 8.97. The highest BCUT2D eigenvalue weighted by Crippen LogP contribution is 2.20. The van der Waals surface area contributed by atoms with Crippen molar-refractivity contribution in [2.24, 2.45) is 0 Å². The minimum Gasteiger partial charge on any atom is -0.497 e. The maximum absolute atomic E-state index is 10.0. The number of aryl methyl sites for hydroxylation is 1. The molecule has 3 heteroatoms. The molecule has 0 atom stereocenters. The molecule has 0 fully saturated rings. The van der Waals surface area contributed by atoms with E-state index in [0.29, 0.717) is 0 Å². The van der Waals surface area contributed by atoms with Crippen LogP contribution in [0.5, 0.6) is 5.75 Å². The van der Waals surface area contributed by atoms with E-state index in [2.05, 4.69) is 5.32 Å². The fraction of sp³-hybridized carbons (Fsp3) is 0.222. The summed E-state index contributed by atoms with van der Waals surface area (Å²) in [6.45, 7) is 1.90. The zero-order valence-electron chi connectivity index (χ0n) is 7.05. The smallest absolute Gasteiger partial charge is 0.314 e. The Bertz CT molecular complexity index is 284. The molecule has 0 heterocycles. The van der Waals surface area contributed by atoms with Crippen LogP contribution in [0.3, 0.4) is 0 Å². The molecule has 1 N–H and O–H groups in total. The number of hydrogen-bond acceptors (Lipinski definition) is 2. The van der Waals surface area contributed by atoms with Crippen LogP contribution < -0.4 is 10.1 Å². The van der Waals surface area contributed by atoms with E-state index in [4.69, 9.17) is 4.74 Å². The molecule has 12 heavy (non-hydrogen) atoms. The summed E-state index contributed by atoms with van der Waals surface area (Å²) in [5, 5.41) is 2.46. The molecule has 1 aromatic carbocycles. The molecule has 0 saturated heterocycles. The van der Waals surface area contributed by atoms with Gasteiger partial charge in [-0.1, -0.05) is 6.07 Å². The fourth-order valence-corrected chi connectivity index (χ4v) is 0.918. The lowest BCUT2D eigenvalue weighted by molar-refractivity contribution is 0.415. The van der Waals surface area contributed by atoms with E-state index < -0.39 is 0 Å². The Balaban J connectivity index is 2.99. The van der Waals surface area contributed by atoms with Gasteiger partial charge in [-0.15, -0.1) is 0 Å². The van der Waals surface area contributed by atoms with Crippen molar-refractivity contribution in [3.63, 3.8) is 0 Å². The largest absolute Gasteiger partial charge is 0.497 e. The first kappa shape index (κ1) is 8.59. The Kier molecular flexibility index (Phi) is 2.69. The summed E-state index contributed by atoms with van der Waals surface area (Å²) >= 11 is 0. The van der Waals surface area contributed by atoms with Crippen LogP contribution in [0.25, 0.3) is 0 Å². The maximum Gasteiger partial charge on any atom is 0.314 e. The van der Waals surface area contributed by atoms with E-state index in [1.165, 1.54) is 0 Å². The van der Waals surface area contributed by atoms with E-state index in [1.807, 2.05) is 19.1 Å². The van der Waals surface area contributed by atoms with Crippen LogP contribution in [0.4, 0.5) is 5.69 Å². The molecule has 0 aliphatic rings. The summed E-state index contributed by atoms with van der Waals surface area (Å²) in [5.74, 6) is 0.721. The van der Waals surface area contributed by atoms with Gasteiger partial charge in [-0.25, -0.2) is 0 Å². The summed E-state index contributed by atoms with van der Waals surface area (Å²) in [6.07, 6.45) is 1.62. The number of carbonyl (C=O) groups excluding carboxylic acids is 1. The Labute approximate surface area is 71.4 Å².